The van der Waals surface area contributed by atoms with Crippen molar-refractivity contribution >= 4 is 15.7 Å². The van der Waals surface area contributed by atoms with Crippen LogP contribution in [0.2, 0.25) is 0 Å². The number of hydrogen-bond acceptors (Lipinski definition) is 5. The molecule has 0 saturated heterocycles. The molecule has 0 N–H and O–H groups in total. The maximum atomic E-state index is 14.3. The van der Waals surface area contributed by atoms with Crippen LogP contribution in [0.15, 0.2) is 56.5 Å². The van der Waals surface area contributed by atoms with Crippen molar-refractivity contribution in [3.05, 3.63) is 65.7 Å². The summed E-state index contributed by atoms with van der Waals surface area (Å²) in [5.41, 5.74) is 0.141. The molecule has 1 aromatic carbocycles. The van der Waals surface area contributed by atoms with Crippen molar-refractivity contribution < 1.29 is 21.7 Å². The van der Waals surface area contributed by atoms with Gasteiger partial charge in [0.15, 0.2) is 10.7 Å². The van der Waals surface area contributed by atoms with Gasteiger partial charge in [-0.05, 0) is 38.1 Å². The van der Waals surface area contributed by atoms with E-state index < -0.39 is 15.8 Å². The average Bonchev–Trinajstić information content (AvgIpc) is 3.15. The summed E-state index contributed by atoms with van der Waals surface area (Å²) >= 11 is 0. The highest BCUT2D eigenvalue weighted by molar-refractivity contribution is 7.92. The number of anilines is 1. The van der Waals surface area contributed by atoms with E-state index in [1.54, 1.807) is 18.2 Å². The summed E-state index contributed by atoms with van der Waals surface area (Å²) in [6.45, 7) is 2.87. The molecule has 8 heteroatoms. The zero-order valence-electron chi connectivity index (χ0n) is 13.1. The van der Waals surface area contributed by atoms with Crippen molar-refractivity contribution in [3.8, 4) is 0 Å². The molecular formula is C16H15FN2O4S. The molecule has 0 radical (unpaired) electrons. The predicted octanol–water partition coefficient (Wildman–Crippen LogP) is 3.42. The van der Waals surface area contributed by atoms with E-state index in [-0.39, 0.29) is 28.6 Å². The number of sulfonamides is 1. The lowest BCUT2D eigenvalue weighted by Gasteiger charge is -2.23. The van der Waals surface area contributed by atoms with Crippen LogP contribution in [0.1, 0.15) is 17.2 Å². The van der Waals surface area contributed by atoms with Crippen LogP contribution in [0.3, 0.4) is 0 Å². The van der Waals surface area contributed by atoms with Gasteiger partial charge in [0.1, 0.15) is 17.3 Å². The van der Waals surface area contributed by atoms with E-state index in [1.807, 2.05) is 0 Å². The minimum atomic E-state index is -4.09. The van der Waals surface area contributed by atoms with E-state index in [2.05, 4.69) is 5.16 Å². The molecule has 126 valence electrons. The minimum Gasteiger partial charge on any atom is -0.467 e. The van der Waals surface area contributed by atoms with Gasteiger partial charge in [0.2, 0.25) is 0 Å². The molecule has 2 heterocycles. The minimum absolute atomic E-state index is 0.0719. The Balaban J connectivity index is 2.16. The molecule has 0 bridgehead atoms. The second-order valence-electron chi connectivity index (χ2n) is 5.20. The highest BCUT2D eigenvalue weighted by atomic mass is 32.2. The van der Waals surface area contributed by atoms with E-state index >= 15 is 0 Å². The number of rotatable bonds is 5. The van der Waals surface area contributed by atoms with Crippen molar-refractivity contribution in [2.45, 2.75) is 25.3 Å². The van der Waals surface area contributed by atoms with E-state index in [0.29, 0.717) is 5.76 Å². The molecule has 0 saturated carbocycles. The fourth-order valence-electron chi connectivity index (χ4n) is 2.45. The van der Waals surface area contributed by atoms with E-state index in [4.69, 9.17) is 8.94 Å². The van der Waals surface area contributed by atoms with Crippen LogP contribution in [0.25, 0.3) is 0 Å². The van der Waals surface area contributed by atoms with Gasteiger partial charge < -0.3 is 8.94 Å². The van der Waals surface area contributed by atoms with Gasteiger partial charge in [-0.1, -0.05) is 17.3 Å². The van der Waals surface area contributed by atoms with Crippen molar-refractivity contribution in [2.24, 2.45) is 0 Å². The largest absolute Gasteiger partial charge is 0.467 e. The highest BCUT2D eigenvalue weighted by Gasteiger charge is 2.33. The third-order valence-corrected chi connectivity index (χ3v) is 5.52. The lowest BCUT2D eigenvalue weighted by molar-refractivity contribution is 0.390. The molecule has 24 heavy (non-hydrogen) atoms. The van der Waals surface area contributed by atoms with Gasteiger partial charge in [-0.15, -0.1) is 0 Å². The molecule has 0 aliphatic carbocycles. The second kappa shape index (κ2) is 6.12. The maximum absolute atomic E-state index is 14.3. The molecule has 0 unspecified atom stereocenters. The third kappa shape index (κ3) is 2.80. The summed E-state index contributed by atoms with van der Waals surface area (Å²) in [5, 5.41) is 3.68. The van der Waals surface area contributed by atoms with Gasteiger partial charge in [-0.25, -0.2) is 12.8 Å². The van der Waals surface area contributed by atoms with Gasteiger partial charge in [-0.2, -0.15) is 0 Å². The Labute approximate surface area is 138 Å². The number of aryl methyl sites for hydroxylation is 2. The van der Waals surface area contributed by atoms with Crippen molar-refractivity contribution in [1.82, 2.24) is 5.16 Å². The van der Waals surface area contributed by atoms with Gasteiger partial charge in [-0.3, -0.25) is 4.31 Å². The third-order valence-electron chi connectivity index (χ3n) is 3.52. The standard InChI is InChI=1S/C16H15FN2O4S/c1-11-16(12(2)23-18-11)24(20,21)19(10-13-6-5-9-22-13)15-8-4-3-7-14(15)17/h3-9H,10H2,1-2H3. The van der Waals surface area contributed by atoms with Crippen LogP contribution in [0, 0.1) is 19.7 Å². The summed E-state index contributed by atoms with van der Waals surface area (Å²) in [6, 6.07) is 8.91. The normalized spacial score (nSPS) is 11.6. The SMILES string of the molecule is Cc1noc(C)c1S(=O)(=O)N(Cc1ccco1)c1ccccc1F. The first kappa shape index (κ1) is 16.3. The lowest BCUT2D eigenvalue weighted by atomic mass is 10.3. The number of hydrogen-bond donors (Lipinski definition) is 0. The first-order chi connectivity index (χ1) is 11.4. The Morgan fingerprint density at radius 3 is 2.50 bits per heavy atom. The fourth-order valence-corrected chi connectivity index (χ4v) is 4.19. The van der Waals surface area contributed by atoms with Crippen molar-refractivity contribution in [2.75, 3.05) is 4.31 Å². The summed E-state index contributed by atoms with van der Waals surface area (Å²) in [7, 11) is -4.09. The second-order valence-corrected chi connectivity index (χ2v) is 6.99. The van der Waals surface area contributed by atoms with Gasteiger partial charge in [0.05, 0.1) is 18.5 Å². The zero-order valence-corrected chi connectivity index (χ0v) is 13.9. The lowest BCUT2D eigenvalue weighted by Crippen LogP contribution is -2.31. The Morgan fingerprint density at radius 1 is 1.17 bits per heavy atom. The zero-order chi connectivity index (χ0) is 17.3. The fraction of sp³-hybridized carbons (Fsp3) is 0.188. The van der Waals surface area contributed by atoms with Crippen LogP contribution >= 0.6 is 0 Å². The number of halogens is 1. The molecule has 3 rings (SSSR count). The molecule has 0 aliphatic heterocycles. The van der Waals surface area contributed by atoms with Crippen molar-refractivity contribution in [1.29, 1.82) is 0 Å². The number of benzene rings is 1. The summed E-state index contributed by atoms with van der Waals surface area (Å²) in [6.07, 6.45) is 1.43. The molecule has 6 nitrogen and oxygen atoms in total. The number of aromatic nitrogens is 1. The summed E-state index contributed by atoms with van der Waals surface area (Å²) in [5.74, 6) is -0.124. The molecule has 0 aliphatic rings. The summed E-state index contributed by atoms with van der Waals surface area (Å²) in [4.78, 5) is -0.0719. The van der Waals surface area contributed by atoms with Crippen LogP contribution in [0.5, 0.6) is 0 Å². The van der Waals surface area contributed by atoms with Crippen molar-refractivity contribution in [3.63, 3.8) is 0 Å². The number of furan rings is 1. The Kier molecular flexibility index (Phi) is 4.15. The molecule has 2 aromatic heterocycles. The molecule has 0 fully saturated rings. The van der Waals surface area contributed by atoms with Crippen LogP contribution in [-0.4, -0.2) is 13.6 Å². The predicted molar refractivity (Wildman–Crippen MR) is 84.5 cm³/mol. The van der Waals surface area contributed by atoms with Crippen LogP contribution < -0.4 is 4.31 Å². The Morgan fingerprint density at radius 2 is 1.92 bits per heavy atom. The number of para-hydroxylation sites is 1. The molecule has 0 amide bonds. The maximum Gasteiger partial charge on any atom is 0.270 e. The van der Waals surface area contributed by atoms with Gasteiger partial charge in [0, 0.05) is 0 Å². The van der Waals surface area contributed by atoms with Gasteiger partial charge >= 0.3 is 0 Å². The summed E-state index contributed by atoms with van der Waals surface area (Å²) < 4.78 is 51.7. The van der Waals surface area contributed by atoms with E-state index in [9.17, 15) is 12.8 Å². The average molecular weight is 350 g/mol. The van der Waals surface area contributed by atoms with E-state index in [1.165, 1.54) is 38.3 Å². The quantitative estimate of drug-likeness (QED) is 0.705. The topological polar surface area (TPSA) is 76.6 Å². The van der Waals surface area contributed by atoms with Gasteiger partial charge in [0.25, 0.3) is 10.0 Å². The molecular weight excluding hydrogens is 335 g/mol. The monoisotopic (exact) mass is 350 g/mol. The highest BCUT2D eigenvalue weighted by Crippen LogP contribution is 2.31. The number of nitrogens with zero attached hydrogens (tertiary/aromatic N) is 2. The Hall–Kier alpha value is -2.61. The van der Waals surface area contributed by atoms with E-state index in [0.717, 1.165) is 4.31 Å². The Bertz CT molecular complexity index is 929. The smallest absolute Gasteiger partial charge is 0.270 e. The van der Waals surface area contributed by atoms with Crippen LogP contribution in [-0.2, 0) is 16.6 Å². The first-order valence-electron chi connectivity index (χ1n) is 7.14. The molecule has 3 aromatic rings. The first-order valence-corrected chi connectivity index (χ1v) is 8.58. The molecule has 0 spiro atoms. The molecule has 0 atom stereocenters. The van der Waals surface area contributed by atoms with Crippen LogP contribution in [0.4, 0.5) is 10.1 Å².